The van der Waals surface area contributed by atoms with Gasteiger partial charge >= 0.3 is 0 Å². The van der Waals surface area contributed by atoms with E-state index in [1.165, 1.54) is 4.90 Å². The maximum absolute atomic E-state index is 12.7. The molecule has 1 aliphatic rings. The first kappa shape index (κ1) is 22.2. The van der Waals surface area contributed by atoms with E-state index >= 15 is 0 Å². The lowest BCUT2D eigenvalue weighted by atomic mass is 9.99. The van der Waals surface area contributed by atoms with Crippen LogP contribution in [0.3, 0.4) is 0 Å². The number of amides is 2. The molecule has 1 aliphatic heterocycles. The fourth-order valence-electron chi connectivity index (χ4n) is 3.60. The lowest BCUT2D eigenvalue weighted by Crippen LogP contribution is -2.37. The molecule has 3 rings (SSSR count). The van der Waals surface area contributed by atoms with Crippen LogP contribution in [0.2, 0.25) is 10.0 Å². The van der Waals surface area contributed by atoms with Gasteiger partial charge in [-0.25, -0.2) is 0 Å². The molecule has 2 amide bonds. The van der Waals surface area contributed by atoms with Crippen LogP contribution in [0.15, 0.2) is 59.9 Å². The number of hydrogen-bond acceptors (Lipinski definition) is 3. The number of aryl methyl sites for hydroxylation is 2. The third kappa shape index (κ3) is 5.15. The summed E-state index contributed by atoms with van der Waals surface area (Å²) in [7, 11) is 1.61. The molecule has 0 saturated heterocycles. The number of halogens is 2. The molecule has 0 spiro atoms. The number of rotatable bonds is 8. The number of aliphatic hydroxyl groups excluding tert-OH is 1. The molecule has 2 N–H and O–H groups in total. The molecule has 0 radical (unpaired) electrons. The Morgan fingerprint density at radius 1 is 1.07 bits per heavy atom. The summed E-state index contributed by atoms with van der Waals surface area (Å²) in [5.41, 5.74) is 2.29. The summed E-state index contributed by atoms with van der Waals surface area (Å²) < 4.78 is 0. The lowest BCUT2D eigenvalue weighted by molar-refractivity contribution is -0.128. The Balaban J connectivity index is 1.57. The topological polar surface area (TPSA) is 69.6 Å². The molecule has 7 heteroatoms. The van der Waals surface area contributed by atoms with Crippen molar-refractivity contribution in [2.45, 2.75) is 31.7 Å². The van der Waals surface area contributed by atoms with Crippen LogP contribution in [0.5, 0.6) is 0 Å². The van der Waals surface area contributed by atoms with Gasteiger partial charge in [-0.15, -0.1) is 0 Å². The molecule has 1 heterocycles. The fraction of sp³-hybridized carbons (Fsp3) is 0.304. The van der Waals surface area contributed by atoms with Crippen LogP contribution in [0, 0.1) is 0 Å². The van der Waals surface area contributed by atoms with Crippen molar-refractivity contribution >= 4 is 35.0 Å². The van der Waals surface area contributed by atoms with E-state index in [2.05, 4.69) is 5.32 Å². The first-order valence-corrected chi connectivity index (χ1v) is 10.6. The predicted molar refractivity (Wildman–Crippen MR) is 119 cm³/mol. The maximum atomic E-state index is 12.7. The summed E-state index contributed by atoms with van der Waals surface area (Å²) in [4.78, 5) is 26.4. The largest absolute Gasteiger partial charge is 0.503 e. The third-order valence-electron chi connectivity index (χ3n) is 5.28. The maximum Gasteiger partial charge on any atom is 0.289 e. The van der Waals surface area contributed by atoms with E-state index in [1.54, 1.807) is 13.1 Å². The van der Waals surface area contributed by atoms with Gasteiger partial charge in [0.2, 0.25) is 0 Å². The van der Waals surface area contributed by atoms with Gasteiger partial charge in [-0.2, -0.15) is 0 Å². The molecule has 5 nitrogen and oxygen atoms in total. The highest BCUT2D eigenvalue weighted by molar-refractivity contribution is 6.42. The van der Waals surface area contributed by atoms with E-state index in [1.807, 2.05) is 42.5 Å². The Labute approximate surface area is 186 Å². The minimum absolute atomic E-state index is 0.146. The second-order valence-electron chi connectivity index (χ2n) is 7.33. The molecule has 0 fully saturated rings. The van der Waals surface area contributed by atoms with Gasteiger partial charge in [0.1, 0.15) is 0 Å². The van der Waals surface area contributed by atoms with Crippen LogP contribution < -0.4 is 5.32 Å². The summed E-state index contributed by atoms with van der Waals surface area (Å²) in [5, 5.41) is 14.1. The SMILES string of the molecule is CN1C(=O)C(O)=C(C(=O)NCCCc2ccc(Cl)c(Cl)c2)C1CCc1ccccc1. The van der Waals surface area contributed by atoms with Gasteiger partial charge in [0.15, 0.2) is 5.76 Å². The molecule has 0 saturated carbocycles. The summed E-state index contributed by atoms with van der Waals surface area (Å²) in [5.74, 6) is -1.39. The minimum Gasteiger partial charge on any atom is -0.503 e. The van der Waals surface area contributed by atoms with Crippen molar-refractivity contribution in [1.82, 2.24) is 10.2 Å². The molecule has 158 valence electrons. The zero-order chi connectivity index (χ0) is 21.7. The van der Waals surface area contributed by atoms with Crippen molar-refractivity contribution in [3.63, 3.8) is 0 Å². The number of nitrogens with zero attached hydrogens (tertiary/aromatic N) is 1. The highest BCUT2D eigenvalue weighted by atomic mass is 35.5. The van der Waals surface area contributed by atoms with Gasteiger partial charge in [0.25, 0.3) is 11.8 Å². The van der Waals surface area contributed by atoms with Gasteiger partial charge in [0, 0.05) is 13.6 Å². The molecule has 2 aromatic rings. The van der Waals surface area contributed by atoms with Crippen molar-refractivity contribution in [3.05, 3.63) is 81.0 Å². The van der Waals surface area contributed by atoms with Crippen LogP contribution in [0.4, 0.5) is 0 Å². The standard InChI is InChI=1S/C23H24Cl2N2O3/c1-27-19(12-10-15-6-3-2-4-7-15)20(21(28)23(27)30)22(29)26-13-5-8-16-9-11-17(24)18(25)14-16/h2-4,6-7,9,11,14,19,28H,5,8,10,12-13H2,1H3,(H,26,29). The Bertz CT molecular complexity index is 960. The molecule has 30 heavy (non-hydrogen) atoms. The van der Waals surface area contributed by atoms with Crippen molar-refractivity contribution < 1.29 is 14.7 Å². The average Bonchev–Trinajstić information content (AvgIpc) is 2.96. The van der Waals surface area contributed by atoms with Gasteiger partial charge in [0.05, 0.1) is 21.7 Å². The second kappa shape index (κ2) is 10.0. The quantitative estimate of drug-likeness (QED) is 0.592. The Hall–Kier alpha value is -2.50. The first-order chi connectivity index (χ1) is 14.4. The van der Waals surface area contributed by atoms with Crippen molar-refractivity contribution in [2.75, 3.05) is 13.6 Å². The van der Waals surface area contributed by atoms with Gasteiger partial charge in [-0.05, 0) is 48.9 Å². The van der Waals surface area contributed by atoms with E-state index in [0.29, 0.717) is 35.9 Å². The second-order valence-corrected chi connectivity index (χ2v) is 8.14. The number of carbonyl (C=O) groups is 2. The fourth-order valence-corrected chi connectivity index (χ4v) is 3.93. The molecule has 0 bridgehead atoms. The third-order valence-corrected chi connectivity index (χ3v) is 6.02. The zero-order valence-electron chi connectivity index (χ0n) is 16.7. The lowest BCUT2D eigenvalue weighted by Gasteiger charge is -2.22. The summed E-state index contributed by atoms with van der Waals surface area (Å²) in [6, 6.07) is 14.9. The van der Waals surface area contributed by atoms with E-state index < -0.39 is 23.6 Å². The molecule has 2 aromatic carbocycles. The van der Waals surface area contributed by atoms with E-state index in [9.17, 15) is 14.7 Å². The predicted octanol–water partition coefficient (Wildman–Crippen LogP) is 4.33. The Morgan fingerprint density at radius 3 is 2.50 bits per heavy atom. The minimum atomic E-state index is -0.519. The number of nitrogens with one attached hydrogen (secondary N) is 1. The molecule has 1 unspecified atom stereocenters. The van der Waals surface area contributed by atoms with Crippen molar-refractivity contribution in [2.24, 2.45) is 0 Å². The van der Waals surface area contributed by atoms with Crippen molar-refractivity contribution in [3.8, 4) is 0 Å². The van der Waals surface area contributed by atoms with Crippen LogP contribution in [0.25, 0.3) is 0 Å². The van der Waals surface area contributed by atoms with Crippen LogP contribution in [-0.4, -0.2) is 41.5 Å². The molecular formula is C23H24Cl2N2O3. The highest BCUT2D eigenvalue weighted by Gasteiger charge is 2.40. The number of aliphatic hydroxyl groups is 1. The Kier molecular flexibility index (Phi) is 7.40. The summed E-state index contributed by atoms with van der Waals surface area (Å²) in [6.45, 7) is 0.416. The van der Waals surface area contributed by atoms with Gasteiger partial charge < -0.3 is 15.3 Å². The summed E-state index contributed by atoms with van der Waals surface area (Å²) in [6.07, 6.45) is 2.67. The number of hydrogen-bond donors (Lipinski definition) is 2. The zero-order valence-corrected chi connectivity index (χ0v) is 18.2. The van der Waals surface area contributed by atoms with E-state index in [4.69, 9.17) is 23.2 Å². The molecular weight excluding hydrogens is 423 g/mol. The van der Waals surface area contributed by atoms with Crippen LogP contribution >= 0.6 is 23.2 Å². The summed E-state index contributed by atoms with van der Waals surface area (Å²) >= 11 is 11.9. The van der Waals surface area contributed by atoms with Crippen molar-refractivity contribution in [1.29, 1.82) is 0 Å². The molecule has 1 atom stereocenters. The Morgan fingerprint density at radius 2 is 1.80 bits per heavy atom. The van der Waals surface area contributed by atoms with E-state index in [0.717, 1.165) is 17.5 Å². The average molecular weight is 447 g/mol. The molecule has 0 aliphatic carbocycles. The first-order valence-electron chi connectivity index (χ1n) is 9.85. The smallest absolute Gasteiger partial charge is 0.289 e. The van der Waals surface area contributed by atoms with Crippen LogP contribution in [0.1, 0.15) is 24.0 Å². The normalized spacial score (nSPS) is 16.3. The highest BCUT2D eigenvalue weighted by Crippen LogP contribution is 2.27. The van der Waals surface area contributed by atoms with E-state index in [-0.39, 0.29) is 5.57 Å². The van der Waals surface area contributed by atoms with Gasteiger partial charge in [-0.1, -0.05) is 59.6 Å². The monoisotopic (exact) mass is 446 g/mol. The number of benzene rings is 2. The van der Waals surface area contributed by atoms with Gasteiger partial charge in [-0.3, -0.25) is 9.59 Å². The number of likely N-dealkylation sites (N-methyl/N-ethyl adjacent to an activating group) is 1. The number of carbonyl (C=O) groups excluding carboxylic acids is 2. The van der Waals surface area contributed by atoms with Crippen LogP contribution in [-0.2, 0) is 22.4 Å². The molecule has 0 aromatic heterocycles.